The minimum absolute atomic E-state index is 0.100. The molecule has 0 spiro atoms. The molecule has 0 aliphatic rings. The summed E-state index contributed by atoms with van der Waals surface area (Å²) in [4.78, 5) is 22.1. The zero-order valence-electron chi connectivity index (χ0n) is 48.7. The molecule has 0 aromatic heterocycles. The van der Waals surface area contributed by atoms with Gasteiger partial charge in [0.15, 0.2) is 0 Å². The maximum atomic E-state index is 11.7. The Bertz CT molecular complexity index is 948. The van der Waals surface area contributed by atoms with Gasteiger partial charge in [0.05, 0.1) is 5.92 Å². The summed E-state index contributed by atoms with van der Waals surface area (Å²) in [6, 6.07) is 0. The van der Waals surface area contributed by atoms with Crippen molar-refractivity contribution in [3.05, 3.63) is 0 Å². The lowest BCUT2D eigenvalue weighted by Crippen LogP contribution is -2.13. The normalized spacial score (nSPS) is 11.8. The van der Waals surface area contributed by atoms with Crippen molar-refractivity contribution >= 4 is 11.9 Å². The molecular weight excluding hydrogens is 857 g/mol. The third-order valence-electron chi connectivity index (χ3n) is 15.7. The van der Waals surface area contributed by atoms with Crippen molar-refractivity contribution < 1.29 is 19.8 Å². The Balaban J connectivity index is 0. The molecule has 70 heavy (non-hydrogen) atoms. The summed E-state index contributed by atoms with van der Waals surface area (Å²) in [5.41, 5.74) is 0. The highest BCUT2D eigenvalue weighted by Crippen LogP contribution is 2.22. The maximum absolute atomic E-state index is 11.7. The first-order chi connectivity index (χ1) is 34.5. The minimum Gasteiger partial charge on any atom is -0.481 e. The SMILES string of the molecule is CCCCCCCCCCCCCCCCCCCCCC(=O)O.CCCCCCCCCCCCCCCCCCCCCCC(CCCCCCCCCCCCCCCCCCCC)C(=O)O. The van der Waals surface area contributed by atoms with E-state index in [9.17, 15) is 14.7 Å². The van der Waals surface area contributed by atoms with Crippen molar-refractivity contribution in [2.75, 3.05) is 0 Å². The van der Waals surface area contributed by atoms with Crippen LogP contribution in [0.3, 0.4) is 0 Å². The Morgan fingerprint density at radius 2 is 0.371 bits per heavy atom. The van der Waals surface area contributed by atoms with Crippen LogP contribution in [0.2, 0.25) is 0 Å². The van der Waals surface area contributed by atoms with Crippen LogP contribution >= 0.6 is 0 Å². The Morgan fingerprint density at radius 3 is 0.514 bits per heavy atom. The van der Waals surface area contributed by atoms with Crippen LogP contribution in [0.25, 0.3) is 0 Å². The Kier molecular flexibility index (Phi) is 66.9. The molecule has 0 aliphatic carbocycles. The van der Waals surface area contributed by atoms with Gasteiger partial charge in [0.1, 0.15) is 0 Å². The molecule has 1 unspecified atom stereocenters. The Labute approximate surface area is 441 Å². The van der Waals surface area contributed by atoms with Crippen LogP contribution in [0.15, 0.2) is 0 Å². The van der Waals surface area contributed by atoms with Gasteiger partial charge in [-0.25, -0.2) is 0 Å². The predicted molar refractivity (Wildman–Crippen MR) is 313 cm³/mol. The number of hydrogen-bond acceptors (Lipinski definition) is 2. The van der Waals surface area contributed by atoms with E-state index in [1.54, 1.807) is 0 Å². The van der Waals surface area contributed by atoms with Gasteiger partial charge in [0.2, 0.25) is 0 Å². The van der Waals surface area contributed by atoms with E-state index >= 15 is 0 Å². The van der Waals surface area contributed by atoms with Crippen LogP contribution in [0.1, 0.15) is 406 Å². The van der Waals surface area contributed by atoms with Gasteiger partial charge in [-0.05, 0) is 19.3 Å². The molecule has 0 aromatic carbocycles. The Hall–Kier alpha value is -1.06. The van der Waals surface area contributed by atoms with Gasteiger partial charge in [-0.15, -0.1) is 0 Å². The maximum Gasteiger partial charge on any atom is 0.306 e. The lowest BCUT2D eigenvalue weighted by atomic mass is 9.94. The second kappa shape index (κ2) is 66.0. The molecule has 1 atom stereocenters. The van der Waals surface area contributed by atoms with Gasteiger partial charge in [0, 0.05) is 6.42 Å². The second-order valence-corrected chi connectivity index (χ2v) is 22.8. The summed E-state index contributed by atoms with van der Waals surface area (Å²) in [5, 5.41) is 18.2. The van der Waals surface area contributed by atoms with E-state index in [-0.39, 0.29) is 5.92 Å². The first-order valence-electron chi connectivity index (χ1n) is 32.9. The smallest absolute Gasteiger partial charge is 0.306 e. The first kappa shape index (κ1) is 71.0. The molecule has 0 aliphatic heterocycles. The van der Waals surface area contributed by atoms with Crippen LogP contribution in [-0.2, 0) is 9.59 Å². The fourth-order valence-corrected chi connectivity index (χ4v) is 10.7. The molecule has 0 fully saturated rings. The van der Waals surface area contributed by atoms with Gasteiger partial charge >= 0.3 is 11.9 Å². The lowest BCUT2D eigenvalue weighted by molar-refractivity contribution is -0.142. The van der Waals surface area contributed by atoms with E-state index in [1.807, 2.05) is 0 Å². The van der Waals surface area contributed by atoms with Gasteiger partial charge in [-0.3, -0.25) is 9.59 Å². The molecule has 4 heteroatoms. The highest BCUT2D eigenvalue weighted by atomic mass is 16.4. The molecule has 0 amide bonds. The van der Waals surface area contributed by atoms with E-state index in [0.717, 1.165) is 38.5 Å². The topological polar surface area (TPSA) is 74.6 Å². The summed E-state index contributed by atoms with van der Waals surface area (Å²) in [6.07, 6.45) is 80.7. The molecular formula is C66H132O4. The van der Waals surface area contributed by atoms with Crippen LogP contribution < -0.4 is 0 Å². The highest BCUT2D eigenvalue weighted by Gasteiger charge is 2.16. The fourth-order valence-electron chi connectivity index (χ4n) is 10.7. The van der Waals surface area contributed by atoms with E-state index in [2.05, 4.69) is 20.8 Å². The van der Waals surface area contributed by atoms with Crippen molar-refractivity contribution in [2.24, 2.45) is 5.92 Å². The van der Waals surface area contributed by atoms with Gasteiger partial charge in [-0.2, -0.15) is 0 Å². The zero-order valence-corrected chi connectivity index (χ0v) is 48.7. The van der Waals surface area contributed by atoms with Crippen molar-refractivity contribution in [1.82, 2.24) is 0 Å². The molecule has 4 nitrogen and oxygen atoms in total. The van der Waals surface area contributed by atoms with E-state index in [4.69, 9.17) is 5.11 Å². The van der Waals surface area contributed by atoms with Crippen molar-refractivity contribution in [3.8, 4) is 0 Å². The van der Waals surface area contributed by atoms with Crippen molar-refractivity contribution in [2.45, 2.75) is 406 Å². The third-order valence-corrected chi connectivity index (χ3v) is 15.7. The van der Waals surface area contributed by atoms with E-state index in [1.165, 1.54) is 340 Å². The van der Waals surface area contributed by atoms with Crippen LogP contribution in [0, 0.1) is 5.92 Å². The number of aliphatic carboxylic acids is 2. The van der Waals surface area contributed by atoms with Crippen molar-refractivity contribution in [3.63, 3.8) is 0 Å². The largest absolute Gasteiger partial charge is 0.481 e. The molecule has 0 radical (unpaired) electrons. The molecule has 0 aromatic rings. The standard InChI is InChI=1S/C44H88O2.C22H44O2/c1-3-5-7-9-11-13-15-17-19-21-23-24-26-28-30-32-34-36-38-40-42-43(44(45)46)41-39-37-35-33-31-29-27-25-22-20-18-16-14-12-10-8-6-4-2;1-2-3-4-5-6-7-8-9-10-11-12-13-14-15-16-17-18-19-20-21-22(23)24/h43H,3-42H2,1-2H3,(H,45,46);2-21H2,1H3,(H,23,24). The van der Waals surface area contributed by atoms with Gasteiger partial charge in [-0.1, -0.05) is 380 Å². The summed E-state index contributed by atoms with van der Waals surface area (Å²) >= 11 is 0. The third kappa shape index (κ3) is 66.9. The number of carbonyl (C=O) groups is 2. The van der Waals surface area contributed by atoms with Crippen LogP contribution in [-0.4, -0.2) is 22.2 Å². The Morgan fingerprint density at radius 1 is 0.229 bits per heavy atom. The number of rotatable bonds is 61. The van der Waals surface area contributed by atoms with E-state index < -0.39 is 11.9 Å². The summed E-state index contributed by atoms with van der Waals surface area (Å²) in [7, 11) is 0. The van der Waals surface area contributed by atoms with Crippen LogP contribution in [0.4, 0.5) is 0 Å². The number of hydrogen-bond donors (Lipinski definition) is 2. The summed E-state index contributed by atoms with van der Waals surface area (Å²) < 4.78 is 0. The number of carboxylic acids is 2. The summed E-state index contributed by atoms with van der Waals surface area (Å²) in [6.45, 7) is 6.87. The van der Waals surface area contributed by atoms with Crippen molar-refractivity contribution in [1.29, 1.82) is 0 Å². The second-order valence-electron chi connectivity index (χ2n) is 22.8. The zero-order chi connectivity index (χ0) is 51.2. The van der Waals surface area contributed by atoms with E-state index in [0.29, 0.717) is 6.42 Å². The average molecular weight is 990 g/mol. The molecule has 0 saturated carbocycles. The predicted octanol–water partition coefficient (Wildman–Crippen LogP) is 24.2. The molecule has 0 bridgehead atoms. The van der Waals surface area contributed by atoms with Gasteiger partial charge in [0.25, 0.3) is 0 Å². The number of carboxylic acid groups (broad SMARTS) is 2. The molecule has 0 saturated heterocycles. The molecule has 0 rings (SSSR count). The van der Waals surface area contributed by atoms with Crippen LogP contribution in [0.5, 0.6) is 0 Å². The first-order valence-corrected chi connectivity index (χ1v) is 32.9. The molecule has 0 heterocycles. The molecule has 420 valence electrons. The number of unbranched alkanes of at least 4 members (excludes halogenated alkanes) is 54. The molecule has 2 N–H and O–H groups in total. The minimum atomic E-state index is -0.651. The highest BCUT2D eigenvalue weighted by molar-refractivity contribution is 5.69. The van der Waals surface area contributed by atoms with Gasteiger partial charge < -0.3 is 10.2 Å². The monoisotopic (exact) mass is 989 g/mol. The average Bonchev–Trinajstić information content (AvgIpc) is 3.35. The lowest BCUT2D eigenvalue weighted by Gasteiger charge is -2.12. The quantitative estimate of drug-likeness (QED) is 0.0596. The fraction of sp³-hybridized carbons (Fsp3) is 0.970. The summed E-state index contributed by atoms with van der Waals surface area (Å²) in [5.74, 6) is -1.30.